The molecule has 0 aliphatic heterocycles. The summed E-state index contributed by atoms with van der Waals surface area (Å²) in [6.07, 6.45) is 0. The van der Waals surface area contributed by atoms with Crippen LogP contribution in [0.15, 0.2) is 0 Å². The zero-order valence-electron chi connectivity index (χ0n) is 4.12. The van der Waals surface area contributed by atoms with Crippen LogP contribution in [0.1, 0.15) is 0 Å². The topological polar surface area (TPSA) is 0 Å². The minimum atomic E-state index is -2.18. The zero-order valence-corrected chi connectivity index (χ0v) is 24.7. The molecule has 66 valence electrons. The van der Waals surface area contributed by atoms with Crippen LogP contribution in [-0.4, -0.2) is 53.4 Å². The monoisotopic (exact) mass is 1100 g/mol. The maximum absolute atomic E-state index is 5.01. The van der Waals surface area contributed by atoms with Crippen LogP contribution < -0.4 is 0 Å². The van der Waals surface area contributed by atoms with Gasteiger partial charge in [-0.2, -0.15) is 0 Å². The third kappa shape index (κ3) is 68.1. The molecule has 0 atom stereocenters. The van der Waals surface area contributed by atoms with Gasteiger partial charge in [-0.3, -0.25) is 0 Å². The Morgan fingerprint density at radius 2 is 1.00 bits per heavy atom. The molecule has 10 heavy (non-hydrogen) atoms. The second-order valence-corrected chi connectivity index (χ2v) is 60.5. The number of rotatable bonds is 0. The van der Waals surface area contributed by atoms with Crippen LogP contribution in [0, 0.1) is 0 Å². The van der Waals surface area contributed by atoms with Crippen molar-refractivity contribution >= 4 is 134 Å². The molecule has 0 aromatic heterocycles. The first-order chi connectivity index (χ1) is 4.46. The summed E-state index contributed by atoms with van der Waals surface area (Å²) < 4.78 is 0. The molecule has 0 aliphatic rings. The first-order valence-electron chi connectivity index (χ1n) is 1.23. The summed E-state index contributed by atoms with van der Waals surface area (Å²) in [5.41, 5.74) is 0. The molecule has 0 saturated carbocycles. The van der Waals surface area contributed by atoms with Crippen molar-refractivity contribution in [3.8, 4) is 0 Å². The summed E-state index contributed by atoms with van der Waals surface area (Å²) >= 11 is 10.0. The van der Waals surface area contributed by atoms with Gasteiger partial charge in [-0.25, -0.2) is 0 Å². The predicted molar refractivity (Wildman–Crippen MR) is 78.4 cm³/mol. The van der Waals surface area contributed by atoms with Gasteiger partial charge in [0.05, 0.1) is 0 Å². The van der Waals surface area contributed by atoms with Crippen molar-refractivity contribution in [3.63, 3.8) is 0 Å². The van der Waals surface area contributed by atoms with Gasteiger partial charge in [0.1, 0.15) is 0 Å². The Labute approximate surface area is 129 Å². The predicted octanol–water partition coefficient (Wildman–Crippen LogP) is 3.81. The molecule has 0 saturated heterocycles. The second-order valence-electron chi connectivity index (χ2n) is 0.383. The first-order valence-corrected chi connectivity index (χ1v) is 49.3. The summed E-state index contributed by atoms with van der Waals surface area (Å²) in [7, 11) is 15.0. The summed E-state index contributed by atoms with van der Waals surface area (Å²) in [6.45, 7) is 0. The van der Waals surface area contributed by atoms with Gasteiger partial charge in [0.15, 0.2) is 0 Å². The van der Waals surface area contributed by atoms with E-state index in [2.05, 4.69) is 54.7 Å². The van der Waals surface area contributed by atoms with Crippen molar-refractivity contribution in [1.82, 2.24) is 0 Å². The van der Waals surface area contributed by atoms with Crippen molar-refractivity contribution in [2.45, 2.75) is 0 Å². The molecule has 0 spiro atoms. The number of hydrogen-bond donors (Lipinski definition) is 0. The third-order valence-corrected chi connectivity index (χ3v) is 0. The summed E-state index contributed by atoms with van der Waals surface area (Å²) in [5.74, 6) is 0. The molecule has 0 N–H and O–H groups in total. The van der Waals surface area contributed by atoms with Gasteiger partial charge in [-0.15, -0.1) is 0 Å². The Kier molecular flexibility index (Phi) is 42.4. The van der Waals surface area contributed by atoms with E-state index >= 15 is 0 Å². The van der Waals surface area contributed by atoms with Gasteiger partial charge in [-0.05, 0) is 0 Å². The molecule has 0 heterocycles. The van der Waals surface area contributed by atoms with E-state index in [0.717, 1.165) is 20.5 Å². The van der Waals surface area contributed by atoms with Crippen LogP contribution in [0.2, 0.25) is 0 Å². The van der Waals surface area contributed by atoms with E-state index in [9.17, 15) is 0 Å². The zero-order chi connectivity index (χ0) is 9.15. The van der Waals surface area contributed by atoms with Crippen molar-refractivity contribution in [1.29, 1.82) is 0 Å². The van der Waals surface area contributed by atoms with Gasteiger partial charge < -0.3 is 0 Å². The molecule has 0 nitrogen and oxygen atoms in total. The van der Waals surface area contributed by atoms with E-state index in [-0.39, 0.29) is 0 Å². The molecule has 0 rings (SSSR count). The Hall–Kier alpha value is 5.69. The van der Waals surface area contributed by atoms with E-state index in [0.29, 0.717) is 0 Å². The van der Waals surface area contributed by atoms with Gasteiger partial charge >= 0.3 is 134 Å². The number of hydrogen-bond acceptors (Lipinski definition) is 0. The molecule has 0 fully saturated rings. The summed E-state index contributed by atoms with van der Waals surface area (Å²) in [6, 6.07) is 0. The van der Waals surface area contributed by atoms with Crippen LogP contribution in [0.25, 0.3) is 0 Å². The molecule has 0 amide bonds. The van der Waals surface area contributed by atoms with Crippen LogP contribution >= 0.6 is 80.2 Å². The second kappa shape index (κ2) is 20.1. The fourth-order valence-electron chi connectivity index (χ4n) is 0. The van der Waals surface area contributed by atoms with Crippen molar-refractivity contribution in [3.05, 3.63) is 0 Å². The van der Waals surface area contributed by atoms with E-state index in [1.165, 1.54) is 0 Å². The number of halogens is 7. The molecular formula is H2Bi3Br3Cl3I. The molecule has 0 aromatic rings. The summed E-state index contributed by atoms with van der Waals surface area (Å²) in [5, 5.41) is 0. The maximum atomic E-state index is 5.01. The van der Waals surface area contributed by atoms with Gasteiger partial charge in [0.2, 0.25) is 0 Å². The van der Waals surface area contributed by atoms with Crippen molar-refractivity contribution in [2.75, 3.05) is 0 Å². The Morgan fingerprint density at radius 1 is 1.00 bits per heavy atom. The van der Waals surface area contributed by atoms with Crippen LogP contribution in [0.3, 0.4) is 0 Å². The quantitative estimate of drug-likeness (QED) is 0.256. The average molecular weight is 1100 g/mol. The van der Waals surface area contributed by atoms with E-state index in [4.69, 9.17) is 25.5 Å². The molecule has 0 bridgehead atoms. The standard InChI is InChI=1S/3Bi.3BrH.3ClH.HI.2H/h;;;7*1H;;/q+1;2*+3;;;;;;;;;/p-7. The minimum absolute atomic E-state index is 1.14. The first kappa shape index (κ1) is 21.0. The SMILES string of the molecule is [Br][Bi]([Br])[Br].[Cl][Bi]([Cl])[Cl].[I][BiH2]. The Morgan fingerprint density at radius 3 is 1.00 bits per heavy atom. The molecule has 0 unspecified atom stereocenters. The van der Waals surface area contributed by atoms with Crippen molar-refractivity contribution < 1.29 is 0 Å². The Bertz CT molecular complexity index is 34.5. The fourth-order valence-corrected chi connectivity index (χ4v) is 0. The van der Waals surface area contributed by atoms with Gasteiger partial charge in [0.25, 0.3) is 0 Å². The molecule has 0 aromatic carbocycles. The van der Waals surface area contributed by atoms with E-state index < -0.39 is 32.9 Å². The van der Waals surface area contributed by atoms with Gasteiger partial charge in [-0.1, -0.05) is 0 Å². The normalized spacial score (nSPS) is 7.80. The van der Waals surface area contributed by atoms with E-state index in [1.54, 1.807) is 0 Å². The molecular weight excluding hydrogens is 1100 g/mol. The fraction of sp³-hybridized carbons (Fsp3) is 0. The van der Waals surface area contributed by atoms with Crippen LogP contribution in [0.4, 0.5) is 0 Å². The third-order valence-electron chi connectivity index (χ3n) is 0. The average Bonchev–Trinajstić information content (AvgIpc) is 1.66. The van der Waals surface area contributed by atoms with Crippen LogP contribution in [-0.2, 0) is 0 Å². The molecule has 0 radical (unpaired) electrons. The Balaban J connectivity index is -0.0000000787. The molecule has 0 aliphatic carbocycles. The van der Waals surface area contributed by atoms with Gasteiger partial charge in [0, 0.05) is 0 Å². The van der Waals surface area contributed by atoms with E-state index in [1.807, 2.05) is 0 Å². The van der Waals surface area contributed by atoms with Crippen LogP contribution in [0.5, 0.6) is 0 Å². The van der Waals surface area contributed by atoms with Crippen molar-refractivity contribution in [2.24, 2.45) is 0 Å². The summed E-state index contributed by atoms with van der Waals surface area (Å²) in [4.78, 5) is 0. The molecule has 10 heteroatoms.